The Hall–Kier alpha value is -3.14. The average molecular weight is 304 g/mol. The van der Waals surface area contributed by atoms with E-state index in [-0.39, 0.29) is 11.7 Å². The predicted octanol–water partition coefficient (Wildman–Crippen LogP) is 3.70. The third kappa shape index (κ3) is 3.37. The Labute approximate surface area is 134 Å². The predicted molar refractivity (Wildman–Crippen MR) is 91.7 cm³/mol. The van der Waals surface area contributed by atoms with Crippen LogP contribution in [0.15, 0.2) is 71.8 Å². The van der Waals surface area contributed by atoms with Crippen molar-refractivity contribution in [2.75, 3.05) is 0 Å². The Balaban J connectivity index is 1.79. The standard InChI is InChI=1S/C19H16N2O2/c1-13(15-10-9-14-5-2-3-6-16(14)11-15)20-21-19(23)17-7-4-8-18(22)12-17/h2-12,22H,1H3,(H,21,23)/b20-13+. The normalized spacial score (nSPS) is 11.4. The zero-order chi connectivity index (χ0) is 16.2. The molecule has 0 heterocycles. The van der Waals surface area contributed by atoms with Crippen LogP contribution in [0, 0.1) is 0 Å². The first-order chi connectivity index (χ1) is 11.1. The molecular formula is C19H16N2O2. The summed E-state index contributed by atoms with van der Waals surface area (Å²) >= 11 is 0. The largest absolute Gasteiger partial charge is 0.508 e. The van der Waals surface area contributed by atoms with Gasteiger partial charge < -0.3 is 5.11 Å². The van der Waals surface area contributed by atoms with Crippen LogP contribution in [0.4, 0.5) is 0 Å². The number of phenols is 1. The molecule has 114 valence electrons. The molecule has 4 nitrogen and oxygen atoms in total. The van der Waals surface area contributed by atoms with Crippen molar-refractivity contribution in [3.05, 3.63) is 77.9 Å². The highest BCUT2D eigenvalue weighted by atomic mass is 16.3. The second-order valence-corrected chi connectivity index (χ2v) is 5.25. The number of benzene rings is 3. The highest BCUT2D eigenvalue weighted by molar-refractivity contribution is 6.03. The maximum absolute atomic E-state index is 12.0. The Bertz CT molecular complexity index is 901. The maximum Gasteiger partial charge on any atom is 0.271 e. The molecule has 0 atom stereocenters. The molecule has 0 spiro atoms. The van der Waals surface area contributed by atoms with E-state index in [4.69, 9.17) is 0 Å². The van der Waals surface area contributed by atoms with Crippen LogP contribution in [0.5, 0.6) is 5.75 Å². The summed E-state index contributed by atoms with van der Waals surface area (Å²) in [7, 11) is 0. The fraction of sp³-hybridized carbons (Fsp3) is 0.0526. The summed E-state index contributed by atoms with van der Waals surface area (Å²) in [6.07, 6.45) is 0. The first-order valence-corrected chi connectivity index (χ1v) is 7.26. The lowest BCUT2D eigenvalue weighted by Gasteiger charge is -2.05. The van der Waals surface area contributed by atoms with E-state index in [2.05, 4.69) is 16.6 Å². The monoisotopic (exact) mass is 304 g/mol. The van der Waals surface area contributed by atoms with Gasteiger partial charge in [-0.15, -0.1) is 0 Å². The van der Waals surface area contributed by atoms with Gasteiger partial charge in [0.25, 0.3) is 5.91 Å². The zero-order valence-corrected chi connectivity index (χ0v) is 12.7. The quantitative estimate of drug-likeness (QED) is 0.572. The highest BCUT2D eigenvalue weighted by Crippen LogP contribution is 2.16. The number of phenolic OH excluding ortho intramolecular Hbond substituents is 1. The van der Waals surface area contributed by atoms with Gasteiger partial charge in [0.05, 0.1) is 5.71 Å². The lowest BCUT2D eigenvalue weighted by molar-refractivity contribution is 0.0954. The van der Waals surface area contributed by atoms with Crippen LogP contribution in [0.2, 0.25) is 0 Å². The summed E-state index contributed by atoms with van der Waals surface area (Å²) in [6.45, 7) is 1.84. The van der Waals surface area contributed by atoms with Gasteiger partial charge in [0, 0.05) is 5.56 Å². The number of nitrogens with zero attached hydrogens (tertiary/aromatic N) is 1. The molecule has 2 N–H and O–H groups in total. The van der Waals surface area contributed by atoms with E-state index in [0.717, 1.165) is 16.3 Å². The second kappa shape index (κ2) is 6.32. The molecule has 0 aliphatic heterocycles. The van der Waals surface area contributed by atoms with Crippen molar-refractivity contribution in [3.8, 4) is 5.75 Å². The third-order valence-electron chi connectivity index (χ3n) is 3.60. The number of hydrogen-bond acceptors (Lipinski definition) is 3. The first-order valence-electron chi connectivity index (χ1n) is 7.26. The van der Waals surface area contributed by atoms with Crippen molar-refractivity contribution in [1.29, 1.82) is 0 Å². The first kappa shape index (κ1) is 14.8. The molecule has 0 unspecified atom stereocenters. The minimum Gasteiger partial charge on any atom is -0.508 e. The summed E-state index contributed by atoms with van der Waals surface area (Å²) in [5.74, 6) is -0.311. The van der Waals surface area contributed by atoms with Gasteiger partial charge in [-0.05, 0) is 47.5 Å². The van der Waals surface area contributed by atoms with E-state index in [9.17, 15) is 9.90 Å². The Morgan fingerprint density at radius 3 is 2.48 bits per heavy atom. The molecule has 0 aliphatic rings. The number of amides is 1. The fourth-order valence-electron chi connectivity index (χ4n) is 2.33. The Kier molecular flexibility index (Phi) is 4.06. The van der Waals surface area contributed by atoms with E-state index in [1.807, 2.05) is 43.3 Å². The highest BCUT2D eigenvalue weighted by Gasteiger charge is 2.06. The molecule has 0 aliphatic carbocycles. The molecule has 23 heavy (non-hydrogen) atoms. The van der Waals surface area contributed by atoms with E-state index in [1.54, 1.807) is 12.1 Å². The number of hydrogen-bond donors (Lipinski definition) is 2. The minimum absolute atomic E-state index is 0.0490. The third-order valence-corrected chi connectivity index (χ3v) is 3.60. The van der Waals surface area contributed by atoms with Gasteiger partial charge in [-0.25, -0.2) is 5.43 Å². The van der Waals surface area contributed by atoms with Crippen LogP contribution in [0.1, 0.15) is 22.8 Å². The van der Waals surface area contributed by atoms with Crippen molar-refractivity contribution in [2.24, 2.45) is 5.10 Å². The van der Waals surface area contributed by atoms with Gasteiger partial charge in [0.1, 0.15) is 5.75 Å². The summed E-state index contributed by atoms with van der Waals surface area (Å²) < 4.78 is 0. The summed E-state index contributed by atoms with van der Waals surface area (Å²) in [4.78, 5) is 12.0. The van der Waals surface area contributed by atoms with E-state index in [0.29, 0.717) is 11.3 Å². The molecule has 0 saturated heterocycles. The minimum atomic E-state index is -0.360. The van der Waals surface area contributed by atoms with Gasteiger partial charge >= 0.3 is 0 Å². The molecule has 0 bridgehead atoms. The number of nitrogens with one attached hydrogen (secondary N) is 1. The maximum atomic E-state index is 12.0. The molecular weight excluding hydrogens is 288 g/mol. The van der Waals surface area contributed by atoms with Crippen LogP contribution in [-0.2, 0) is 0 Å². The lowest BCUT2D eigenvalue weighted by atomic mass is 10.0. The average Bonchev–Trinajstić information content (AvgIpc) is 2.59. The van der Waals surface area contributed by atoms with Gasteiger partial charge in [0.15, 0.2) is 0 Å². The van der Waals surface area contributed by atoms with Crippen molar-refractivity contribution in [2.45, 2.75) is 6.92 Å². The molecule has 3 rings (SSSR count). The van der Waals surface area contributed by atoms with Crippen molar-refractivity contribution >= 4 is 22.4 Å². The van der Waals surface area contributed by atoms with Gasteiger partial charge in [-0.1, -0.05) is 42.5 Å². The number of hydrazone groups is 1. The van der Waals surface area contributed by atoms with Gasteiger partial charge in [-0.3, -0.25) is 4.79 Å². The molecule has 3 aromatic rings. The van der Waals surface area contributed by atoms with Gasteiger partial charge in [0.2, 0.25) is 0 Å². The van der Waals surface area contributed by atoms with Crippen LogP contribution < -0.4 is 5.43 Å². The Morgan fingerprint density at radius 1 is 0.913 bits per heavy atom. The van der Waals surface area contributed by atoms with Crippen molar-refractivity contribution < 1.29 is 9.90 Å². The number of rotatable bonds is 3. The fourth-order valence-corrected chi connectivity index (χ4v) is 2.33. The summed E-state index contributed by atoms with van der Waals surface area (Å²) in [5, 5.41) is 15.8. The van der Waals surface area contributed by atoms with Crippen LogP contribution in [0.3, 0.4) is 0 Å². The van der Waals surface area contributed by atoms with E-state index in [1.165, 1.54) is 12.1 Å². The molecule has 1 amide bonds. The SMILES string of the molecule is C/C(=N\NC(=O)c1cccc(O)c1)c1ccc2ccccc2c1. The molecule has 3 aromatic carbocycles. The number of carbonyl (C=O) groups excluding carboxylic acids is 1. The molecule has 0 fully saturated rings. The van der Waals surface area contributed by atoms with E-state index < -0.39 is 0 Å². The second-order valence-electron chi connectivity index (χ2n) is 5.25. The van der Waals surface area contributed by atoms with E-state index >= 15 is 0 Å². The van der Waals surface area contributed by atoms with Crippen molar-refractivity contribution in [3.63, 3.8) is 0 Å². The smallest absolute Gasteiger partial charge is 0.271 e. The summed E-state index contributed by atoms with van der Waals surface area (Å²) in [5.41, 5.74) is 4.53. The number of aromatic hydroxyl groups is 1. The van der Waals surface area contributed by atoms with Crippen LogP contribution in [0.25, 0.3) is 10.8 Å². The Morgan fingerprint density at radius 2 is 1.70 bits per heavy atom. The molecule has 0 aromatic heterocycles. The number of fused-ring (bicyclic) bond motifs is 1. The molecule has 0 saturated carbocycles. The lowest BCUT2D eigenvalue weighted by Crippen LogP contribution is -2.19. The molecule has 0 radical (unpaired) electrons. The molecule has 4 heteroatoms. The van der Waals surface area contributed by atoms with Crippen LogP contribution in [-0.4, -0.2) is 16.7 Å². The zero-order valence-electron chi connectivity index (χ0n) is 12.7. The summed E-state index contributed by atoms with van der Waals surface area (Å²) in [6, 6.07) is 20.3. The van der Waals surface area contributed by atoms with Crippen LogP contribution >= 0.6 is 0 Å². The van der Waals surface area contributed by atoms with Gasteiger partial charge in [-0.2, -0.15) is 5.10 Å². The topological polar surface area (TPSA) is 61.7 Å². The van der Waals surface area contributed by atoms with Crippen molar-refractivity contribution in [1.82, 2.24) is 5.43 Å². The number of carbonyl (C=O) groups is 1.